The zero-order valence-corrected chi connectivity index (χ0v) is 11.1. The fourth-order valence-electron chi connectivity index (χ4n) is 2.53. The molecule has 1 aliphatic rings. The van der Waals surface area contributed by atoms with Crippen LogP contribution >= 0.6 is 11.6 Å². The average molecular weight is 273 g/mol. The number of furan rings is 1. The Morgan fingerprint density at radius 1 is 1.37 bits per heavy atom. The lowest BCUT2D eigenvalue weighted by Gasteiger charge is -2.24. The third kappa shape index (κ3) is 2.32. The van der Waals surface area contributed by atoms with E-state index in [0.29, 0.717) is 10.6 Å². The Balaban J connectivity index is 1.86. The zero-order valence-electron chi connectivity index (χ0n) is 10.3. The number of anilines is 1. The van der Waals surface area contributed by atoms with Crippen LogP contribution < -0.4 is 5.32 Å². The van der Waals surface area contributed by atoms with E-state index >= 15 is 0 Å². The molecular formula is C15H13ClN2O. The molecule has 0 spiro atoms. The molecule has 0 saturated heterocycles. The summed E-state index contributed by atoms with van der Waals surface area (Å²) in [5.74, 6) is 1.06. The van der Waals surface area contributed by atoms with Gasteiger partial charge in [0.2, 0.25) is 0 Å². The molecule has 1 aromatic heterocycles. The molecule has 0 radical (unpaired) electrons. The van der Waals surface area contributed by atoms with E-state index in [9.17, 15) is 0 Å². The standard InChI is InChI=1S/C15H13ClN2O/c16-12-8-10(9-17)4-5-14(12)18-13-2-1-3-15-11(13)6-7-19-15/h4-8,13,18H,1-3H2. The Bertz CT molecular complexity index is 642. The summed E-state index contributed by atoms with van der Waals surface area (Å²) in [6.07, 6.45) is 4.90. The van der Waals surface area contributed by atoms with Gasteiger partial charge in [0.15, 0.2) is 0 Å². The molecule has 0 aliphatic heterocycles. The molecule has 0 saturated carbocycles. The molecule has 1 unspecified atom stereocenters. The summed E-state index contributed by atoms with van der Waals surface area (Å²) in [6, 6.07) is 9.64. The smallest absolute Gasteiger partial charge is 0.109 e. The van der Waals surface area contributed by atoms with Crippen molar-refractivity contribution in [1.82, 2.24) is 0 Å². The Morgan fingerprint density at radius 2 is 2.26 bits per heavy atom. The van der Waals surface area contributed by atoms with Gasteiger partial charge in [0.05, 0.1) is 34.6 Å². The van der Waals surface area contributed by atoms with Gasteiger partial charge < -0.3 is 9.73 Å². The highest BCUT2D eigenvalue weighted by atomic mass is 35.5. The van der Waals surface area contributed by atoms with Gasteiger partial charge in [-0.1, -0.05) is 11.6 Å². The second-order valence-electron chi connectivity index (χ2n) is 4.69. The summed E-state index contributed by atoms with van der Waals surface area (Å²) in [5.41, 5.74) is 2.65. The van der Waals surface area contributed by atoms with Gasteiger partial charge >= 0.3 is 0 Å². The van der Waals surface area contributed by atoms with Crippen molar-refractivity contribution in [3.8, 4) is 6.07 Å². The maximum absolute atomic E-state index is 8.84. The van der Waals surface area contributed by atoms with Crippen LogP contribution in [-0.4, -0.2) is 0 Å². The summed E-state index contributed by atoms with van der Waals surface area (Å²) in [7, 11) is 0. The highest BCUT2D eigenvalue weighted by Gasteiger charge is 2.22. The summed E-state index contributed by atoms with van der Waals surface area (Å²) in [4.78, 5) is 0. The Hall–Kier alpha value is -1.92. The van der Waals surface area contributed by atoms with Crippen molar-refractivity contribution in [2.24, 2.45) is 0 Å². The van der Waals surface area contributed by atoms with Crippen molar-refractivity contribution < 1.29 is 4.42 Å². The van der Waals surface area contributed by atoms with Gasteiger partial charge in [-0.2, -0.15) is 5.26 Å². The molecule has 1 aliphatic carbocycles. The molecule has 2 aromatic rings. The van der Waals surface area contributed by atoms with E-state index in [1.807, 2.05) is 12.1 Å². The number of fused-ring (bicyclic) bond motifs is 1. The van der Waals surface area contributed by atoms with Gasteiger partial charge in [0, 0.05) is 12.0 Å². The maximum atomic E-state index is 8.84. The second kappa shape index (κ2) is 4.99. The van der Waals surface area contributed by atoms with Crippen LogP contribution in [0.2, 0.25) is 5.02 Å². The van der Waals surface area contributed by atoms with Gasteiger partial charge in [0.1, 0.15) is 5.76 Å². The Labute approximate surface area is 116 Å². The number of nitrogens with one attached hydrogen (secondary N) is 1. The predicted molar refractivity (Wildman–Crippen MR) is 74.2 cm³/mol. The molecule has 96 valence electrons. The first-order valence-corrected chi connectivity index (χ1v) is 6.68. The average Bonchev–Trinajstić information content (AvgIpc) is 2.90. The molecule has 1 N–H and O–H groups in total. The van der Waals surface area contributed by atoms with Crippen LogP contribution in [0.15, 0.2) is 34.9 Å². The van der Waals surface area contributed by atoms with Crippen LogP contribution in [0.5, 0.6) is 0 Å². The molecule has 1 heterocycles. The molecular weight excluding hydrogens is 260 g/mol. The lowest BCUT2D eigenvalue weighted by Crippen LogP contribution is -2.16. The zero-order chi connectivity index (χ0) is 13.2. The molecule has 1 atom stereocenters. The van der Waals surface area contributed by atoms with Crippen LogP contribution in [0.25, 0.3) is 0 Å². The molecule has 3 nitrogen and oxygen atoms in total. The SMILES string of the molecule is N#Cc1ccc(NC2CCCc3occc32)c(Cl)c1. The summed E-state index contributed by atoms with van der Waals surface area (Å²) in [5, 5.41) is 12.9. The first-order chi connectivity index (χ1) is 9.28. The fraction of sp³-hybridized carbons (Fsp3) is 0.267. The number of rotatable bonds is 2. The van der Waals surface area contributed by atoms with Crippen molar-refractivity contribution in [1.29, 1.82) is 5.26 Å². The minimum Gasteiger partial charge on any atom is -0.469 e. The van der Waals surface area contributed by atoms with Crippen LogP contribution in [0.3, 0.4) is 0 Å². The minimum absolute atomic E-state index is 0.230. The van der Waals surface area contributed by atoms with Gasteiger partial charge in [-0.15, -0.1) is 0 Å². The molecule has 4 heteroatoms. The van der Waals surface area contributed by atoms with Crippen molar-refractivity contribution >= 4 is 17.3 Å². The molecule has 0 amide bonds. The third-order valence-corrected chi connectivity index (χ3v) is 3.79. The highest BCUT2D eigenvalue weighted by molar-refractivity contribution is 6.33. The minimum atomic E-state index is 0.230. The van der Waals surface area contributed by atoms with Crippen LogP contribution in [0.1, 0.15) is 35.8 Å². The normalized spacial score (nSPS) is 17.6. The molecule has 0 fully saturated rings. The van der Waals surface area contributed by atoms with Gasteiger partial charge in [0.25, 0.3) is 0 Å². The van der Waals surface area contributed by atoms with Gasteiger partial charge in [-0.05, 0) is 37.1 Å². The van der Waals surface area contributed by atoms with Gasteiger partial charge in [-0.25, -0.2) is 0 Å². The molecule has 1 aromatic carbocycles. The lowest BCUT2D eigenvalue weighted by atomic mass is 9.93. The van der Waals surface area contributed by atoms with E-state index in [0.717, 1.165) is 30.7 Å². The first kappa shape index (κ1) is 12.1. The highest BCUT2D eigenvalue weighted by Crippen LogP contribution is 2.35. The van der Waals surface area contributed by atoms with E-state index in [-0.39, 0.29) is 6.04 Å². The number of halogens is 1. The van der Waals surface area contributed by atoms with E-state index in [4.69, 9.17) is 21.3 Å². The molecule has 3 rings (SSSR count). The van der Waals surface area contributed by atoms with Gasteiger partial charge in [-0.3, -0.25) is 0 Å². The van der Waals surface area contributed by atoms with E-state index < -0.39 is 0 Å². The largest absolute Gasteiger partial charge is 0.469 e. The second-order valence-corrected chi connectivity index (χ2v) is 5.10. The summed E-state index contributed by atoms with van der Waals surface area (Å²) in [6.45, 7) is 0. The van der Waals surface area contributed by atoms with Crippen molar-refractivity contribution in [2.75, 3.05) is 5.32 Å². The Kier molecular flexibility index (Phi) is 3.18. The number of aryl methyl sites for hydroxylation is 1. The number of benzene rings is 1. The van der Waals surface area contributed by atoms with Crippen LogP contribution in [0.4, 0.5) is 5.69 Å². The van der Waals surface area contributed by atoms with E-state index in [1.165, 1.54) is 5.56 Å². The number of hydrogen-bond donors (Lipinski definition) is 1. The number of nitriles is 1. The predicted octanol–water partition coefficient (Wildman–Crippen LogP) is 4.29. The van der Waals surface area contributed by atoms with E-state index in [2.05, 4.69) is 11.4 Å². The lowest BCUT2D eigenvalue weighted by molar-refractivity contribution is 0.461. The fourth-order valence-corrected chi connectivity index (χ4v) is 2.76. The summed E-state index contributed by atoms with van der Waals surface area (Å²) < 4.78 is 5.47. The van der Waals surface area contributed by atoms with Crippen molar-refractivity contribution in [2.45, 2.75) is 25.3 Å². The topological polar surface area (TPSA) is 49.0 Å². The number of hydrogen-bond acceptors (Lipinski definition) is 3. The number of nitrogens with zero attached hydrogens (tertiary/aromatic N) is 1. The van der Waals surface area contributed by atoms with Crippen molar-refractivity contribution in [3.63, 3.8) is 0 Å². The summed E-state index contributed by atoms with van der Waals surface area (Å²) >= 11 is 6.19. The first-order valence-electron chi connectivity index (χ1n) is 6.30. The molecule has 0 bridgehead atoms. The monoisotopic (exact) mass is 272 g/mol. The quantitative estimate of drug-likeness (QED) is 0.887. The van der Waals surface area contributed by atoms with Crippen LogP contribution in [-0.2, 0) is 6.42 Å². The molecule has 19 heavy (non-hydrogen) atoms. The Morgan fingerprint density at radius 3 is 3.05 bits per heavy atom. The maximum Gasteiger partial charge on any atom is 0.109 e. The van der Waals surface area contributed by atoms with Crippen LogP contribution in [0, 0.1) is 11.3 Å². The van der Waals surface area contributed by atoms with Crippen molar-refractivity contribution in [3.05, 3.63) is 52.4 Å². The third-order valence-electron chi connectivity index (χ3n) is 3.48. The van der Waals surface area contributed by atoms with E-state index in [1.54, 1.807) is 18.4 Å².